The van der Waals surface area contributed by atoms with Gasteiger partial charge >= 0.3 is 0 Å². The maximum Gasteiger partial charge on any atom is 0.230 e. The molecule has 74 valence electrons. The van der Waals surface area contributed by atoms with E-state index in [1.54, 1.807) is 6.92 Å². The SMILES string of the molecule is [2H]C1C(=C)NC(=O)C(C)(C(C)(C)C)C1[2H]. The van der Waals surface area contributed by atoms with Gasteiger partial charge in [0.15, 0.2) is 0 Å². The molecule has 0 aromatic heterocycles. The minimum Gasteiger partial charge on any atom is -0.330 e. The van der Waals surface area contributed by atoms with Gasteiger partial charge in [-0.15, -0.1) is 0 Å². The predicted molar refractivity (Wildman–Crippen MR) is 54.1 cm³/mol. The summed E-state index contributed by atoms with van der Waals surface area (Å²) in [6, 6.07) is 0. The van der Waals surface area contributed by atoms with E-state index in [4.69, 9.17) is 2.74 Å². The molecule has 13 heavy (non-hydrogen) atoms. The number of allylic oxidation sites excluding steroid dienone is 1. The van der Waals surface area contributed by atoms with Crippen molar-refractivity contribution in [2.75, 3.05) is 0 Å². The third-order valence-electron chi connectivity index (χ3n) is 2.92. The Bertz CT molecular complexity index is 308. The Balaban J connectivity index is 3.18. The number of amides is 1. The van der Waals surface area contributed by atoms with Gasteiger partial charge in [0.05, 0.1) is 5.41 Å². The highest BCUT2D eigenvalue weighted by Gasteiger charge is 2.45. The maximum atomic E-state index is 12.0. The molecule has 0 aromatic rings. The second-order valence-corrected chi connectivity index (χ2v) is 4.77. The second kappa shape index (κ2) is 2.86. The van der Waals surface area contributed by atoms with E-state index in [1.165, 1.54) is 0 Å². The fourth-order valence-electron chi connectivity index (χ4n) is 1.25. The average Bonchev–Trinajstić information content (AvgIpc) is 2.09. The van der Waals surface area contributed by atoms with Gasteiger partial charge in [-0.2, -0.15) is 0 Å². The van der Waals surface area contributed by atoms with Crippen molar-refractivity contribution >= 4 is 5.91 Å². The van der Waals surface area contributed by atoms with Gasteiger partial charge in [0, 0.05) is 8.44 Å². The summed E-state index contributed by atoms with van der Waals surface area (Å²) < 4.78 is 15.8. The van der Waals surface area contributed by atoms with Crippen molar-refractivity contribution in [1.29, 1.82) is 0 Å². The van der Waals surface area contributed by atoms with E-state index in [0.717, 1.165) is 0 Å². The van der Waals surface area contributed by atoms with Crippen LogP contribution in [0.3, 0.4) is 0 Å². The molecule has 1 N–H and O–H groups in total. The molecule has 0 saturated carbocycles. The molecular weight excluding hydrogens is 162 g/mol. The van der Waals surface area contributed by atoms with Crippen molar-refractivity contribution < 1.29 is 7.54 Å². The summed E-state index contributed by atoms with van der Waals surface area (Å²) in [6.45, 7) is 11.1. The standard InChI is InChI=1S/C11H19NO/c1-8-6-7-11(5,9(13)12-8)10(2,3)4/h1,6-7H2,2-5H3,(H,12,13)/i6D,7D. The first kappa shape index (κ1) is 7.60. The number of carbonyl (C=O) groups excluding carboxylic acids is 1. The molecule has 1 amide bonds. The smallest absolute Gasteiger partial charge is 0.230 e. The van der Waals surface area contributed by atoms with Crippen LogP contribution in [0.4, 0.5) is 0 Å². The minimum absolute atomic E-state index is 0.191. The molecule has 1 rings (SSSR count). The Labute approximate surface area is 83.2 Å². The Morgan fingerprint density at radius 1 is 1.62 bits per heavy atom. The van der Waals surface area contributed by atoms with Crippen molar-refractivity contribution in [3.05, 3.63) is 12.3 Å². The van der Waals surface area contributed by atoms with Crippen LogP contribution in [0.1, 0.15) is 43.2 Å². The summed E-state index contributed by atoms with van der Waals surface area (Å²) >= 11 is 0. The number of piperidine rings is 1. The topological polar surface area (TPSA) is 29.1 Å². The van der Waals surface area contributed by atoms with Gasteiger partial charge < -0.3 is 5.32 Å². The Morgan fingerprint density at radius 2 is 2.15 bits per heavy atom. The van der Waals surface area contributed by atoms with Crippen molar-refractivity contribution in [3.63, 3.8) is 0 Å². The highest BCUT2D eigenvalue weighted by Crippen LogP contribution is 2.44. The van der Waals surface area contributed by atoms with Gasteiger partial charge in [-0.05, 0) is 18.2 Å². The molecule has 1 fully saturated rings. The summed E-state index contributed by atoms with van der Waals surface area (Å²) in [5.41, 5.74) is -0.855. The summed E-state index contributed by atoms with van der Waals surface area (Å²) in [7, 11) is 0. The molecule has 0 aromatic carbocycles. The molecule has 1 saturated heterocycles. The summed E-state index contributed by atoms with van der Waals surface area (Å²) in [5, 5.41) is 2.62. The molecule has 1 aliphatic heterocycles. The van der Waals surface area contributed by atoms with Gasteiger partial charge in [0.2, 0.25) is 5.91 Å². The predicted octanol–water partition coefficient (Wildman–Crippen LogP) is 2.46. The van der Waals surface area contributed by atoms with Crippen LogP contribution in [-0.4, -0.2) is 5.91 Å². The van der Waals surface area contributed by atoms with Crippen LogP contribution in [0.5, 0.6) is 0 Å². The number of carbonyl (C=O) groups is 1. The van der Waals surface area contributed by atoms with E-state index in [-0.39, 0.29) is 11.3 Å². The van der Waals surface area contributed by atoms with Crippen LogP contribution in [-0.2, 0) is 4.79 Å². The molecular formula is C11H19NO. The first-order valence-electron chi connectivity index (χ1n) is 5.62. The first-order chi connectivity index (χ1) is 6.62. The van der Waals surface area contributed by atoms with E-state index in [1.807, 2.05) is 20.8 Å². The third-order valence-corrected chi connectivity index (χ3v) is 2.92. The highest BCUT2D eigenvalue weighted by molar-refractivity contribution is 5.85. The Hall–Kier alpha value is -0.790. The van der Waals surface area contributed by atoms with Crippen LogP contribution in [0.25, 0.3) is 0 Å². The van der Waals surface area contributed by atoms with E-state index < -0.39 is 18.2 Å². The highest BCUT2D eigenvalue weighted by atomic mass is 16.2. The molecule has 0 radical (unpaired) electrons. The van der Waals surface area contributed by atoms with Gasteiger partial charge in [0.1, 0.15) is 0 Å². The van der Waals surface area contributed by atoms with Crippen LogP contribution in [0.15, 0.2) is 12.3 Å². The molecule has 0 spiro atoms. The Morgan fingerprint density at radius 3 is 2.62 bits per heavy atom. The molecule has 0 aliphatic carbocycles. The summed E-state index contributed by atoms with van der Waals surface area (Å²) in [6.07, 6.45) is -1.51. The van der Waals surface area contributed by atoms with Crippen LogP contribution in [0, 0.1) is 10.8 Å². The van der Waals surface area contributed by atoms with Crippen molar-refractivity contribution in [3.8, 4) is 0 Å². The van der Waals surface area contributed by atoms with Gasteiger partial charge in [-0.25, -0.2) is 0 Å². The largest absolute Gasteiger partial charge is 0.330 e. The van der Waals surface area contributed by atoms with Crippen molar-refractivity contribution in [2.45, 2.75) is 40.5 Å². The van der Waals surface area contributed by atoms with Crippen molar-refractivity contribution in [2.24, 2.45) is 10.8 Å². The lowest BCUT2D eigenvalue weighted by Gasteiger charge is -2.43. The van der Waals surface area contributed by atoms with Gasteiger partial charge in [-0.1, -0.05) is 34.3 Å². The van der Waals surface area contributed by atoms with Crippen LogP contribution < -0.4 is 5.32 Å². The quantitative estimate of drug-likeness (QED) is 0.614. The molecule has 2 nitrogen and oxygen atoms in total. The first-order valence-corrected chi connectivity index (χ1v) is 4.47. The van der Waals surface area contributed by atoms with E-state index in [0.29, 0.717) is 5.70 Å². The average molecular weight is 183 g/mol. The Kier molecular flexibility index (Phi) is 1.67. The van der Waals surface area contributed by atoms with Crippen LogP contribution in [0.2, 0.25) is 0 Å². The third kappa shape index (κ3) is 1.62. The molecule has 0 bridgehead atoms. The molecule has 1 heterocycles. The van der Waals surface area contributed by atoms with Gasteiger partial charge in [0.25, 0.3) is 0 Å². The fraction of sp³-hybridized carbons (Fsp3) is 0.727. The van der Waals surface area contributed by atoms with E-state index in [2.05, 4.69) is 11.9 Å². The fourth-order valence-corrected chi connectivity index (χ4v) is 1.25. The molecule has 3 atom stereocenters. The van der Waals surface area contributed by atoms with Crippen LogP contribution >= 0.6 is 0 Å². The lowest BCUT2D eigenvalue weighted by molar-refractivity contribution is -0.137. The number of rotatable bonds is 0. The summed E-state index contributed by atoms with van der Waals surface area (Å²) in [5.74, 6) is -0.191. The number of hydrogen-bond donors (Lipinski definition) is 1. The number of nitrogens with one attached hydrogen (secondary N) is 1. The monoisotopic (exact) mass is 183 g/mol. The maximum absolute atomic E-state index is 12.0. The van der Waals surface area contributed by atoms with E-state index >= 15 is 0 Å². The zero-order chi connectivity index (χ0) is 12.0. The lowest BCUT2D eigenvalue weighted by atomic mass is 9.63. The molecule has 1 aliphatic rings. The minimum atomic E-state index is -0.847. The molecule has 3 unspecified atom stereocenters. The lowest BCUT2D eigenvalue weighted by Crippen LogP contribution is -2.49. The zero-order valence-corrected chi connectivity index (χ0v) is 8.77. The normalized spacial score (nSPS) is 43.7. The van der Waals surface area contributed by atoms with Gasteiger partial charge in [-0.3, -0.25) is 4.79 Å². The second-order valence-electron chi connectivity index (χ2n) is 4.77. The van der Waals surface area contributed by atoms with E-state index in [9.17, 15) is 4.79 Å². The number of hydrogen-bond acceptors (Lipinski definition) is 1. The zero-order valence-electron chi connectivity index (χ0n) is 10.8. The molecule has 2 heteroatoms. The van der Waals surface area contributed by atoms with Crippen molar-refractivity contribution in [1.82, 2.24) is 5.32 Å². The summed E-state index contributed by atoms with van der Waals surface area (Å²) in [4.78, 5) is 12.0.